The molecule has 0 bridgehead atoms. The van der Waals surface area contributed by atoms with E-state index in [0.717, 1.165) is 18.4 Å². The second-order valence-corrected chi connectivity index (χ2v) is 7.14. The van der Waals surface area contributed by atoms with Crippen molar-refractivity contribution in [1.29, 1.82) is 0 Å². The summed E-state index contributed by atoms with van der Waals surface area (Å²) in [5.74, 6) is 1.75. The average molecular weight is 330 g/mol. The van der Waals surface area contributed by atoms with Gasteiger partial charge in [0.2, 0.25) is 0 Å². The van der Waals surface area contributed by atoms with E-state index in [1.165, 1.54) is 32.1 Å². The van der Waals surface area contributed by atoms with Crippen molar-refractivity contribution in [2.24, 2.45) is 11.8 Å². The molecule has 21 heavy (non-hydrogen) atoms. The van der Waals surface area contributed by atoms with E-state index in [9.17, 15) is 5.11 Å². The summed E-state index contributed by atoms with van der Waals surface area (Å²) in [5.41, 5.74) is 0.697. The standard InChI is InChI=1S/C17H25Cl2NO/c1-12-2-4-13(5-3-12)8-9-20-11-17(21)15-10-14(18)6-7-16(15)19/h6-7,10,12-13,17,20-21H,2-5,8-9,11H2,1H3. The zero-order valence-electron chi connectivity index (χ0n) is 12.6. The summed E-state index contributed by atoms with van der Waals surface area (Å²) in [6.45, 7) is 3.82. The molecule has 2 nitrogen and oxygen atoms in total. The van der Waals surface area contributed by atoms with Crippen molar-refractivity contribution in [3.05, 3.63) is 33.8 Å². The molecule has 0 amide bonds. The minimum absolute atomic E-state index is 0.517. The maximum absolute atomic E-state index is 10.2. The number of benzene rings is 1. The van der Waals surface area contributed by atoms with Crippen molar-refractivity contribution in [2.45, 2.75) is 45.1 Å². The highest BCUT2D eigenvalue weighted by molar-refractivity contribution is 6.33. The fourth-order valence-corrected chi connectivity index (χ4v) is 3.47. The molecule has 1 aliphatic rings. The minimum atomic E-state index is -0.609. The van der Waals surface area contributed by atoms with E-state index in [-0.39, 0.29) is 0 Å². The van der Waals surface area contributed by atoms with Crippen LogP contribution in [-0.4, -0.2) is 18.2 Å². The number of hydrogen-bond acceptors (Lipinski definition) is 2. The molecule has 1 aliphatic carbocycles. The summed E-state index contributed by atoms with van der Waals surface area (Å²) in [5, 5.41) is 14.7. The van der Waals surface area contributed by atoms with Crippen LogP contribution >= 0.6 is 23.2 Å². The molecule has 1 atom stereocenters. The fourth-order valence-electron chi connectivity index (χ4n) is 3.04. The van der Waals surface area contributed by atoms with Gasteiger partial charge < -0.3 is 10.4 Å². The van der Waals surface area contributed by atoms with E-state index in [2.05, 4.69) is 12.2 Å². The van der Waals surface area contributed by atoms with Crippen molar-refractivity contribution in [2.75, 3.05) is 13.1 Å². The average Bonchev–Trinajstić information content (AvgIpc) is 2.47. The Kier molecular flexibility index (Phi) is 6.81. The summed E-state index contributed by atoms with van der Waals surface area (Å²) in [6, 6.07) is 5.20. The van der Waals surface area contributed by atoms with E-state index in [1.807, 2.05) is 0 Å². The summed E-state index contributed by atoms with van der Waals surface area (Å²) in [4.78, 5) is 0. The van der Waals surface area contributed by atoms with E-state index >= 15 is 0 Å². The van der Waals surface area contributed by atoms with Gasteiger partial charge in [-0.1, -0.05) is 55.8 Å². The molecule has 118 valence electrons. The van der Waals surface area contributed by atoms with Crippen LogP contribution in [0.15, 0.2) is 18.2 Å². The van der Waals surface area contributed by atoms with Gasteiger partial charge in [0.15, 0.2) is 0 Å². The van der Waals surface area contributed by atoms with Gasteiger partial charge in [-0.05, 0) is 43.0 Å². The monoisotopic (exact) mass is 329 g/mol. The van der Waals surface area contributed by atoms with Gasteiger partial charge in [-0.25, -0.2) is 0 Å². The van der Waals surface area contributed by atoms with Gasteiger partial charge in [-0.2, -0.15) is 0 Å². The van der Waals surface area contributed by atoms with Crippen LogP contribution in [0.4, 0.5) is 0 Å². The van der Waals surface area contributed by atoms with Gasteiger partial charge in [0.05, 0.1) is 6.10 Å². The largest absolute Gasteiger partial charge is 0.387 e. The number of aliphatic hydroxyl groups is 1. The summed E-state index contributed by atoms with van der Waals surface area (Å²) in [7, 11) is 0. The highest BCUT2D eigenvalue weighted by Crippen LogP contribution is 2.30. The lowest BCUT2D eigenvalue weighted by molar-refractivity contribution is 0.173. The molecule has 0 aromatic heterocycles. The van der Waals surface area contributed by atoms with Crippen LogP contribution in [0.3, 0.4) is 0 Å². The Morgan fingerprint density at radius 3 is 2.67 bits per heavy atom. The van der Waals surface area contributed by atoms with Crippen LogP contribution < -0.4 is 5.32 Å². The van der Waals surface area contributed by atoms with Crippen LogP contribution in [0.1, 0.15) is 50.7 Å². The first-order valence-corrected chi connectivity index (χ1v) is 8.65. The van der Waals surface area contributed by atoms with E-state index in [1.54, 1.807) is 18.2 Å². The third-order valence-electron chi connectivity index (χ3n) is 4.52. The van der Waals surface area contributed by atoms with Crippen molar-refractivity contribution in [3.8, 4) is 0 Å². The van der Waals surface area contributed by atoms with Crippen LogP contribution in [0.25, 0.3) is 0 Å². The van der Waals surface area contributed by atoms with Gasteiger partial charge in [0, 0.05) is 22.2 Å². The third-order valence-corrected chi connectivity index (χ3v) is 5.10. The zero-order valence-corrected chi connectivity index (χ0v) is 14.1. The molecule has 1 fully saturated rings. The smallest absolute Gasteiger partial charge is 0.0929 e. The maximum Gasteiger partial charge on any atom is 0.0929 e. The Balaban J connectivity index is 1.69. The minimum Gasteiger partial charge on any atom is -0.387 e. The van der Waals surface area contributed by atoms with Crippen LogP contribution in [0, 0.1) is 11.8 Å². The first-order chi connectivity index (χ1) is 10.1. The molecule has 0 spiro atoms. The molecule has 1 unspecified atom stereocenters. The number of aliphatic hydroxyl groups excluding tert-OH is 1. The van der Waals surface area contributed by atoms with E-state index in [0.29, 0.717) is 22.2 Å². The molecule has 2 N–H and O–H groups in total. The molecule has 0 heterocycles. The Morgan fingerprint density at radius 1 is 1.24 bits per heavy atom. The molecule has 1 aromatic rings. The summed E-state index contributed by atoms with van der Waals surface area (Å²) >= 11 is 12.0. The molecular weight excluding hydrogens is 305 g/mol. The molecule has 0 saturated heterocycles. The second kappa shape index (κ2) is 8.38. The predicted molar refractivity (Wildman–Crippen MR) is 90.0 cm³/mol. The lowest BCUT2D eigenvalue weighted by Gasteiger charge is -2.26. The van der Waals surface area contributed by atoms with Gasteiger partial charge >= 0.3 is 0 Å². The second-order valence-electron chi connectivity index (χ2n) is 6.30. The molecule has 0 radical (unpaired) electrons. The van der Waals surface area contributed by atoms with Crippen molar-refractivity contribution >= 4 is 23.2 Å². The van der Waals surface area contributed by atoms with Crippen molar-refractivity contribution in [1.82, 2.24) is 5.32 Å². The molecular formula is C17H25Cl2NO. The highest BCUT2D eigenvalue weighted by atomic mass is 35.5. The van der Waals surface area contributed by atoms with Gasteiger partial charge in [-0.3, -0.25) is 0 Å². The van der Waals surface area contributed by atoms with Crippen LogP contribution in [0.2, 0.25) is 10.0 Å². The Bertz CT molecular complexity index is 444. The van der Waals surface area contributed by atoms with Crippen LogP contribution in [0.5, 0.6) is 0 Å². The topological polar surface area (TPSA) is 32.3 Å². The number of rotatable bonds is 6. The number of nitrogens with one attached hydrogen (secondary N) is 1. The quantitative estimate of drug-likeness (QED) is 0.732. The predicted octanol–water partition coefficient (Wildman–Crippen LogP) is 4.83. The first-order valence-electron chi connectivity index (χ1n) is 7.90. The molecule has 1 aromatic carbocycles. The summed E-state index contributed by atoms with van der Waals surface area (Å²) in [6.07, 6.45) is 6.03. The first kappa shape index (κ1) is 17.1. The number of hydrogen-bond donors (Lipinski definition) is 2. The van der Waals surface area contributed by atoms with Gasteiger partial charge in [0.25, 0.3) is 0 Å². The normalized spacial score (nSPS) is 24.0. The molecule has 0 aliphatic heterocycles. The van der Waals surface area contributed by atoms with Crippen LogP contribution in [-0.2, 0) is 0 Å². The highest BCUT2D eigenvalue weighted by Gasteiger charge is 2.18. The fraction of sp³-hybridized carbons (Fsp3) is 0.647. The van der Waals surface area contributed by atoms with Gasteiger partial charge in [0.1, 0.15) is 0 Å². The molecule has 4 heteroatoms. The summed E-state index contributed by atoms with van der Waals surface area (Å²) < 4.78 is 0. The molecule has 2 rings (SSSR count). The van der Waals surface area contributed by atoms with Crippen molar-refractivity contribution in [3.63, 3.8) is 0 Å². The lowest BCUT2D eigenvalue weighted by Crippen LogP contribution is -2.25. The SMILES string of the molecule is CC1CCC(CCNCC(O)c2cc(Cl)ccc2Cl)CC1. The third kappa shape index (κ3) is 5.45. The van der Waals surface area contributed by atoms with E-state index in [4.69, 9.17) is 23.2 Å². The maximum atomic E-state index is 10.2. The van der Waals surface area contributed by atoms with Crippen molar-refractivity contribution < 1.29 is 5.11 Å². The Labute approximate surface area is 137 Å². The zero-order chi connectivity index (χ0) is 15.2. The lowest BCUT2D eigenvalue weighted by atomic mass is 9.81. The Hall–Kier alpha value is -0.280. The van der Waals surface area contributed by atoms with E-state index < -0.39 is 6.10 Å². The number of halogens is 2. The molecule has 1 saturated carbocycles. The Morgan fingerprint density at radius 2 is 1.95 bits per heavy atom. The van der Waals surface area contributed by atoms with Gasteiger partial charge in [-0.15, -0.1) is 0 Å².